The molecule has 0 radical (unpaired) electrons. The second-order valence-electron chi connectivity index (χ2n) is 7.25. The molecule has 6 heteroatoms. The van der Waals surface area contributed by atoms with Gasteiger partial charge < -0.3 is 14.4 Å². The molecule has 2 heterocycles. The van der Waals surface area contributed by atoms with Gasteiger partial charge in [0.05, 0.1) is 6.54 Å². The minimum Gasteiger partial charge on any atom is -0.345 e. The summed E-state index contributed by atoms with van der Waals surface area (Å²) in [4.78, 5) is 30.3. The van der Waals surface area contributed by atoms with Crippen LogP contribution in [0.2, 0.25) is 0 Å². The molecular formula is C18H28N4O2. The van der Waals surface area contributed by atoms with E-state index in [-0.39, 0.29) is 11.8 Å². The van der Waals surface area contributed by atoms with Crippen LogP contribution in [-0.4, -0.2) is 77.9 Å². The van der Waals surface area contributed by atoms with Crippen LogP contribution in [0.25, 0.3) is 0 Å². The first-order valence-corrected chi connectivity index (χ1v) is 8.78. The quantitative estimate of drug-likeness (QED) is 0.792. The van der Waals surface area contributed by atoms with E-state index >= 15 is 0 Å². The number of ketones is 1. The van der Waals surface area contributed by atoms with Gasteiger partial charge in [0.25, 0.3) is 0 Å². The first-order chi connectivity index (χ1) is 11.4. The summed E-state index contributed by atoms with van der Waals surface area (Å²) in [5.74, 6) is 0.197. The molecule has 0 atom stereocenters. The number of amides is 2. The molecule has 2 fully saturated rings. The van der Waals surface area contributed by atoms with Crippen LogP contribution in [0, 0.1) is 13.8 Å². The smallest absolute Gasteiger partial charge is 0.319 e. The van der Waals surface area contributed by atoms with E-state index in [1.165, 1.54) is 18.5 Å². The van der Waals surface area contributed by atoms with Gasteiger partial charge in [-0.25, -0.2) is 4.79 Å². The summed E-state index contributed by atoms with van der Waals surface area (Å²) >= 11 is 0. The number of aryl methyl sites for hydroxylation is 1. The Hall–Kier alpha value is -1.82. The van der Waals surface area contributed by atoms with Gasteiger partial charge in [-0.15, -0.1) is 0 Å². The Morgan fingerprint density at radius 3 is 2.29 bits per heavy atom. The van der Waals surface area contributed by atoms with Crippen molar-refractivity contribution in [3.8, 4) is 0 Å². The number of aromatic nitrogens is 1. The monoisotopic (exact) mass is 332 g/mol. The van der Waals surface area contributed by atoms with E-state index < -0.39 is 0 Å². The van der Waals surface area contributed by atoms with Crippen molar-refractivity contribution in [2.75, 3.05) is 46.8 Å². The maximum atomic E-state index is 12.7. The third-order valence-corrected chi connectivity index (χ3v) is 5.09. The zero-order chi connectivity index (χ0) is 17.4. The second-order valence-corrected chi connectivity index (χ2v) is 7.25. The van der Waals surface area contributed by atoms with Crippen LogP contribution in [0.1, 0.15) is 40.6 Å². The van der Waals surface area contributed by atoms with E-state index in [0.717, 1.165) is 24.3 Å². The topological polar surface area (TPSA) is 48.8 Å². The van der Waals surface area contributed by atoms with Crippen molar-refractivity contribution in [3.63, 3.8) is 0 Å². The van der Waals surface area contributed by atoms with Crippen LogP contribution < -0.4 is 0 Å². The molecule has 3 rings (SSSR count). The average molecular weight is 332 g/mol. The number of nitrogens with zero attached hydrogens (tertiary/aromatic N) is 4. The van der Waals surface area contributed by atoms with Crippen molar-refractivity contribution in [2.45, 2.75) is 32.7 Å². The molecule has 1 saturated carbocycles. The van der Waals surface area contributed by atoms with Crippen molar-refractivity contribution in [3.05, 3.63) is 23.0 Å². The van der Waals surface area contributed by atoms with Gasteiger partial charge in [0.1, 0.15) is 0 Å². The van der Waals surface area contributed by atoms with Gasteiger partial charge in [-0.05, 0) is 32.8 Å². The standard InChI is InChI=1S/C18H28N4O2/c1-13-11-16(14(2)22(13)15-5-6-15)17(23)12-20-7-9-21(10-8-20)18(24)19(3)4/h11,15H,5-10,12H2,1-4H3. The number of Topliss-reactive ketones (excluding diaryl/α,β-unsaturated/α-hetero) is 1. The predicted molar refractivity (Wildman–Crippen MR) is 93.6 cm³/mol. The molecule has 0 spiro atoms. The van der Waals surface area contributed by atoms with Gasteiger partial charge in [-0.3, -0.25) is 9.69 Å². The maximum Gasteiger partial charge on any atom is 0.319 e. The fraction of sp³-hybridized carbons (Fsp3) is 0.667. The average Bonchev–Trinajstić information content (AvgIpc) is 3.32. The van der Waals surface area contributed by atoms with Crippen molar-refractivity contribution in [2.24, 2.45) is 0 Å². The van der Waals surface area contributed by atoms with Gasteiger partial charge in [0.2, 0.25) is 0 Å². The number of hydrogen-bond donors (Lipinski definition) is 0. The number of piperazine rings is 1. The Kier molecular flexibility index (Phi) is 4.67. The molecule has 0 bridgehead atoms. The van der Waals surface area contributed by atoms with Crippen LogP contribution in [0.3, 0.4) is 0 Å². The van der Waals surface area contributed by atoms with Gasteiger partial charge in [-0.1, -0.05) is 0 Å². The van der Waals surface area contributed by atoms with E-state index in [4.69, 9.17) is 0 Å². The molecule has 1 aromatic rings. The van der Waals surface area contributed by atoms with E-state index in [2.05, 4.69) is 23.3 Å². The molecule has 1 aromatic heterocycles. The fourth-order valence-corrected chi connectivity index (χ4v) is 3.62. The lowest BCUT2D eigenvalue weighted by Crippen LogP contribution is -2.52. The van der Waals surface area contributed by atoms with Crippen molar-refractivity contribution < 1.29 is 9.59 Å². The molecule has 1 saturated heterocycles. The molecule has 0 aromatic carbocycles. The van der Waals surface area contributed by atoms with Crippen molar-refractivity contribution >= 4 is 11.8 Å². The maximum absolute atomic E-state index is 12.7. The molecular weight excluding hydrogens is 304 g/mol. The highest BCUT2D eigenvalue weighted by atomic mass is 16.2. The minimum atomic E-state index is 0.0500. The molecule has 132 valence electrons. The first-order valence-electron chi connectivity index (χ1n) is 8.78. The van der Waals surface area contributed by atoms with Gasteiger partial charge in [0, 0.05) is 63.3 Å². The predicted octanol–water partition coefficient (Wildman–Crippen LogP) is 1.92. The highest BCUT2D eigenvalue weighted by Crippen LogP contribution is 2.38. The van der Waals surface area contributed by atoms with E-state index in [1.54, 1.807) is 19.0 Å². The minimum absolute atomic E-state index is 0.0500. The summed E-state index contributed by atoms with van der Waals surface area (Å²) in [6, 6.07) is 2.70. The molecule has 0 N–H and O–H groups in total. The zero-order valence-corrected chi connectivity index (χ0v) is 15.2. The van der Waals surface area contributed by atoms with Gasteiger partial charge in [0.15, 0.2) is 5.78 Å². The zero-order valence-electron chi connectivity index (χ0n) is 15.2. The number of carbonyl (C=O) groups excluding carboxylic acids is 2. The highest BCUT2D eigenvalue weighted by molar-refractivity contribution is 5.99. The Bertz CT molecular complexity index is 638. The fourth-order valence-electron chi connectivity index (χ4n) is 3.62. The van der Waals surface area contributed by atoms with Gasteiger partial charge in [-0.2, -0.15) is 0 Å². The lowest BCUT2D eigenvalue weighted by atomic mass is 10.1. The van der Waals surface area contributed by atoms with E-state index in [0.29, 0.717) is 25.7 Å². The lowest BCUT2D eigenvalue weighted by molar-refractivity contribution is 0.0862. The summed E-state index contributed by atoms with van der Waals surface area (Å²) in [5, 5.41) is 0. The molecule has 1 aliphatic carbocycles. The summed E-state index contributed by atoms with van der Waals surface area (Å²) in [6.45, 7) is 7.48. The number of carbonyl (C=O) groups is 2. The molecule has 6 nitrogen and oxygen atoms in total. The Morgan fingerprint density at radius 2 is 1.75 bits per heavy atom. The van der Waals surface area contributed by atoms with Crippen LogP contribution in [-0.2, 0) is 0 Å². The SMILES string of the molecule is Cc1cc(C(=O)CN2CCN(C(=O)N(C)C)CC2)c(C)n1C1CC1. The van der Waals surface area contributed by atoms with E-state index in [9.17, 15) is 9.59 Å². The molecule has 24 heavy (non-hydrogen) atoms. The Morgan fingerprint density at radius 1 is 1.12 bits per heavy atom. The summed E-state index contributed by atoms with van der Waals surface area (Å²) in [5.41, 5.74) is 3.17. The summed E-state index contributed by atoms with van der Waals surface area (Å²) in [7, 11) is 3.54. The van der Waals surface area contributed by atoms with Crippen LogP contribution in [0.5, 0.6) is 0 Å². The molecule has 0 unspecified atom stereocenters. The van der Waals surface area contributed by atoms with Crippen LogP contribution >= 0.6 is 0 Å². The normalized spacial score (nSPS) is 18.8. The van der Waals surface area contributed by atoms with Crippen molar-refractivity contribution in [1.82, 2.24) is 19.3 Å². The number of hydrogen-bond acceptors (Lipinski definition) is 3. The number of urea groups is 1. The van der Waals surface area contributed by atoms with E-state index in [1.807, 2.05) is 11.0 Å². The summed E-state index contributed by atoms with van der Waals surface area (Å²) < 4.78 is 2.32. The van der Waals surface area contributed by atoms with Crippen molar-refractivity contribution in [1.29, 1.82) is 0 Å². The molecule has 2 aliphatic rings. The molecule has 1 aliphatic heterocycles. The van der Waals surface area contributed by atoms with Gasteiger partial charge >= 0.3 is 6.03 Å². The second kappa shape index (κ2) is 6.59. The highest BCUT2D eigenvalue weighted by Gasteiger charge is 2.29. The third kappa shape index (κ3) is 3.34. The van der Waals surface area contributed by atoms with Crippen LogP contribution in [0.15, 0.2) is 6.07 Å². The number of rotatable bonds is 4. The Balaban J connectivity index is 1.59. The van der Waals surface area contributed by atoms with Crippen LogP contribution in [0.4, 0.5) is 4.79 Å². The Labute approximate surface area is 144 Å². The summed E-state index contributed by atoms with van der Waals surface area (Å²) in [6.07, 6.45) is 2.46. The molecule has 2 amide bonds. The largest absolute Gasteiger partial charge is 0.345 e. The lowest BCUT2D eigenvalue weighted by Gasteiger charge is -2.35. The first kappa shape index (κ1) is 17.0. The third-order valence-electron chi connectivity index (χ3n) is 5.09.